The van der Waals surface area contributed by atoms with Gasteiger partial charge in [-0.1, -0.05) is 38.1 Å². The number of pyridine rings is 1. The van der Waals surface area contributed by atoms with Crippen LogP contribution in [0, 0.1) is 0 Å². The maximum atomic E-state index is 12.1. The van der Waals surface area contributed by atoms with Gasteiger partial charge >= 0.3 is 6.18 Å². The zero-order valence-corrected chi connectivity index (χ0v) is 15.3. The second-order valence-electron chi connectivity index (χ2n) is 6.56. The Balaban J connectivity index is 1.73. The SMILES string of the molecule is CC(C)c1ccc(CC(=O)NCCc2ccc(OCC(F)(F)F)cn2)cc1. The highest BCUT2D eigenvalue weighted by molar-refractivity contribution is 5.78. The van der Waals surface area contributed by atoms with E-state index in [4.69, 9.17) is 0 Å². The van der Waals surface area contributed by atoms with Gasteiger partial charge in [0.2, 0.25) is 5.91 Å². The lowest BCUT2D eigenvalue weighted by Crippen LogP contribution is -2.27. The molecule has 7 heteroatoms. The minimum atomic E-state index is -4.38. The molecule has 1 heterocycles. The molecule has 4 nitrogen and oxygen atoms in total. The van der Waals surface area contributed by atoms with Gasteiger partial charge in [-0.05, 0) is 29.2 Å². The van der Waals surface area contributed by atoms with Crippen molar-refractivity contribution in [3.05, 3.63) is 59.4 Å². The van der Waals surface area contributed by atoms with Crippen LogP contribution in [0.25, 0.3) is 0 Å². The number of hydrogen-bond acceptors (Lipinski definition) is 3. The maximum Gasteiger partial charge on any atom is 0.422 e. The number of carbonyl (C=O) groups is 1. The smallest absolute Gasteiger partial charge is 0.422 e. The molecule has 0 unspecified atom stereocenters. The largest absolute Gasteiger partial charge is 0.483 e. The number of amides is 1. The average Bonchev–Trinajstić information content (AvgIpc) is 2.61. The molecule has 1 N–H and O–H groups in total. The summed E-state index contributed by atoms with van der Waals surface area (Å²) in [6.45, 7) is 3.29. The third kappa shape index (κ3) is 7.68. The van der Waals surface area contributed by atoms with Crippen molar-refractivity contribution in [3.63, 3.8) is 0 Å². The second-order valence-corrected chi connectivity index (χ2v) is 6.56. The number of aromatic nitrogens is 1. The Labute approximate surface area is 156 Å². The van der Waals surface area contributed by atoms with Crippen molar-refractivity contribution in [3.8, 4) is 5.75 Å². The molecule has 1 amide bonds. The Morgan fingerprint density at radius 3 is 2.41 bits per heavy atom. The summed E-state index contributed by atoms with van der Waals surface area (Å²) in [6.07, 6.45) is -2.34. The molecule has 0 aliphatic carbocycles. The molecule has 0 saturated carbocycles. The van der Waals surface area contributed by atoms with Crippen LogP contribution in [0.1, 0.15) is 36.6 Å². The van der Waals surface area contributed by atoms with Gasteiger partial charge in [-0.3, -0.25) is 9.78 Å². The number of nitrogens with one attached hydrogen (secondary N) is 1. The fraction of sp³-hybridized carbons (Fsp3) is 0.400. The maximum absolute atomic E-state index is 12.1. The van der Waals surface area contributed by atoms with Crippen LogP contribution in [0.3, 0.4) is 0 Å². The summed E-state index contributed by atoms with van der Waals surface area (Å²) in [6, 6.07) is 11.0. The predicted octanol–water partition coefficient (Wildman–Crippen LogP) is 4.05. The van der Waals surface area contributed by atoms with Crippen molar-refractivity contribution in [2.45, 2.75) is 38.8 Å². The van der Waals surface area contributed by atoms with Gasteiger partial charge in [-0.15, -0.1) is 0 Å². The molecule has 0 fully saturated rings. The van der Waals surface area contributed by atoms with Crippen molar-refractivity contribution in [1.29, 1.82) is 0 Å². The zero-order chi connectivity index (χ0) is 19.9. The van der Waals surface area contributed by atoms with E-state index in [9.17, 15) is 18.0 Å². The number of ether oxygens (including phenoxy) is 1. The van der Waals surface area contributed by atoms with Gasteiger partial charge in [0.15, 0.2) is 6.61 Å². The standard InChI is InChI=1S/C20H23F3N2O2/c1-14(2)16-5-3-15(4-6-16)11-19(26)24-10-9-17-7-8-18(12-25-17)27-13-20(21,22)23/h3-8,12,14H,9-11,13H2,1-2H3,(H,24,26). The molecule has 2 aromatic rings. The molecule has 0 atom stereocenters. The van der Waals surface area contributed by atoms with Crippen molar-refractivity contribution in [1.82, 2.24) is 10.3 Å². The van der Waals surface area contributed by atoms with Crippen LogP contribution in [0.15, 0.2) is 42.6 Å². The Hall–Kier alpha value is -2.57. The molecule has 1 aromatic heterocycles. The lowest BCUT2D eigenvalue weighted by molar-refractivity contribution is -0.153. The lowest BCUT2D eigenvalue weighted by atomic mass is 10.0. The van der Waals surface area contributed by atoms with Gasteiger partial charge in [0, 0.05) is 18.7 Å². The lowest BCUT2D eigenvalue weighted by Gasteiger charge is -2.09. The summed E-state index contributed by atoms with van der Waals surface area (Å²) in [5, 5.41) is 2.82. The molecule has 0 aliphatic rings. The highest BCUT2D eigenvalue weighted by Crippen LogP contribution is 2.18. The highest BCUT2D eigenvalue weighted by atomic mass is 19.4. The third-order valence-electron chi connectivity index (χ3n) is 3.91. The monoisotopic (exact) mass is 380 g/mol. The Morgan fingerprint density at radius 1 is 1.15 bits per heavy atom. The minimum absolute atomic E-state index is 0.0601. The van der Waals surface area contributed by atoms with Gasteiger partial charge in [0.05, 0.1) is 12.6 Å². The Bertz CT molecular complexity index is 726. The first-order chi connectivity index (χ1) is 12.7. The average molecular weight is 380 g/mol. The molecule has 0 aliphatic heterocycles. The summed E-state index contributed by atoms with van der Waals surface area (Å²) in [7, 11) is 0. The molecular weight excluding hydrogens is 357 g/mol. The number of hydrogen-bond donors (Lipinski definition) is 1. The second kappa shape index (κ2) is 9.39. The van der Waals surface area contributed by atoms with E-state index < -0.39 is 12.8 Å². The number of halogens is 3. The fourth-order valence-corrected chi connectivity index (χ4v) is 2.41. The van der Waals surface area contributed by atoms with Crippen LogP contribution in [-0.4, -0.2) is 30.2 Å². The first-order valence-electron chi connectivity index (χ1n) is 8.73. The number of alkyl halides is 3. The van der Waals surface area contributed by atoms with E-state index in [-0.39, 0.29) is 11.7 Å². The van der Waals surface area contributed by atoms with E-state index in [1.54, 1.807) is 6.07 Å². The summed E-state index contributed by atoms with van der Waals surface area (Å²) >= 11 is 0. The zero-order valence-electron chi connectivity index (χ0n) is 15.3. The molecule has 27 heavy (non-hydrogen) atoms. The number of rotatable bonds is 8. The van der Waals surface area contributed by atoms with E-state index in [1.165, 1.54) is 17.8 Å². The Morgan fingerprint density at radius 2 is 1.85 bits per heavy atom. The number of carbonyl (C=O) groups excluding carboxylic acids is 1. The van der Waals surface area contributed by atoms with Gasteiger partial charge in [0.25, 0.3) is 0 Å². The van der Waals surface area contributed by atoms with E-state index in [2.05, 4.69) is 28.9 Å². The summed E-state index contributed by atoms with van der Waals surface area (Å²) < 4.78 is 40.9. The van der Waals surface area contributed by atoms with Crippen molar-refractivity contribution in [2.75, 3.05) is 13.2 Å². The summed E-state index contributed by atoms with van der Waals surface area (Å²) in [5.41, 5.74) is 2.84. The van der Waals surface area contributed by atoms with Crippen LogP contribution in [-0.2, 0) is 17.6 Å². The number of nitrogens with zero attached hydrogens (tertiary/aromatic N) is 1. The van der Waals surface area contributed by atoms with Crippen LogP contribution in [0.2, 0.25) is 0 Å². The van der Waals surface area contributed by atoms with E-state index in [0.717, 1.165) is 5.56 Å². The topological polar surface area (TPSA) is 51.2 Å². The van der Waals surface area contributed by atoms with Gasteiger partial charge in [-0.25, -0.2) is 0 Å². The quantitative estimate of drug-likeness (QED) is 0.752. The van der Waals surface area contributed by atoms with Crippen molar-refractivity contribution >= 4 is 5.91 Å². The third-order valence-corrected chi connectivity index (χ3v) is 3.91. The van der Waals surface area contributed by atoms with Crippen molar-refractivity contribution < 1.29 is 22.7 Å². The minimum Gasteiger partial charge on any atom is -0.483 e. The van der Waals surface area contributed by atoms with Gasteiger partial charge < -0.3 is 10.1 Å². The Kier molecular flexibility index (Phi) is 7.21. The van der Waals surface area contributed by atoms with Crippen LogP contribution in [0.4, 0.5) is 13.2 Å². The molecule has 0 radical (unpaired) electrons. The molecule has 2 rings (SSSR count). The van der Waals surface area contributed by atoms with Crippen LogP contribution >= 0.6 is 0 Å². The molecule has 0 bridgehead atoms. The van der Waals surface area contributed by atoms with E-state index in [1.807, 2.05) is 24.3 Å². The van der Waals surface area contributed by atoms with Crippen LogP contribution < -0.4 is 10.1 Å². The van der Waals surface area contributed by atoms with Gasteiger partial charge in [-0.2, -0.15) is 13.2 Å². The number of benzene rings is 1. The van der Waals surface area contributed by atoms with Gasteiger partial charge in [0.1, 0.15) is 5.75 Å². The predicted molar refractivity (Wildman–Crippen MR) is 96.7 cm³/mol. The normalized spacial score (nSPS) is 11.5. The van der Waals surface area contributed by atoms with Crippen molar-refractivity contribution in [2.24, 2.45) is 0 Å². The van der Waals surface area contributed by atoms with E-state index >= 15 is 0 Å². The molecule has 146 valence electrons. The first-order valence-corrected chi connectivity index (χ1v) is 8.73. The van der Waals surface area contributed by atoms with Crippen LogP contribution in [0.5, 0.6) is 5.75 Å². The summed E-state index contributed by atoms with van der Waals surface area (Å²) in [4.78, 5) is 16.0. The summed E-state index contributed by atoms with van der Waals surface area (Å²) in [5.74, 6) is 0.424. The molecular formula is C20H23F3N2O2. The first kappa shape index (κ1) is 20.7. The molecule has 0 saturated heterocycles. The molecule has 1 aromatic carbocycles. The highest BCUT2D eigenvalue weighted by Gasteiger charge is 2.28. The molecule has 0 spiro atoms. The fourth-order valence-electron chi connectivity index (χ4n) is 2.41. The van der Waals surface area contributed by atoms with E-state index in [0.29, 0.717) is 31.0 Å².